The van der Waals surface area contributed by atoms with Gasteiger partial charge in [0.15, 0.2) is 0 Å². The second-order valence-electron chi connectivity index (χ2n) is 5.77. The SMILES string of the molecule is CCOCC(C)NCCCN(C)C(=O)OC(C)(C)C. The maximum absolute atomic E-state index is 11.7. The Kier molecular flexibility index (Phi) is 8.76. The smallest absolute Gasteiger partial charge is 0.410 e. The molecule has 114 valence electrons. The molecule has 0 aliphatic carbocycles. The van der Waals surface area contributed by atoms with Crippen LogP contribution in [0.2, 0.25) is 0 Å². The zero-order valence-corrected chi connectivity index (χ0v) is 13.3. The van der Waals surface area contributed by atoms with Gasteiger partial charge in [-0.25, -0.2) is 4.79 Å². The van der Waals surface area contributed by atoms with Crippen LogP contribution in [-0.2, 0) is 9.47 Å². The highest BCUT2D eigenvalue weighted by Gasteiger charge is 2.19. The lowest BCUT2D eigenvalue weighted by atomic mass is 10.2. The number of amides is 1. The molecule has 19 heavy (non-hydrogen) atoms. The van der Waals surface area contributed by atoms with Gasteiger partial charge in [-0.3, -0.25) is 0 Å². The predicted molar refractivity (Wildman–Crippen MR) is 77.4 cm³/mol. The minimum absolute atomic E-state index is 0.269. The molecule has 1 unspecified atom stereocenters. The molecule has 5 heteroatoms. The van der Waals surface area contributed by atoms with E-state index in [1.165, 1.54) is 0 Å². The summed E-state index contributed by atoms with van der Waals surface area (Å²) < 4.78 is 10.6. The van der Waals surface area contributed by atoms with Crippen LogP contribution in [0.5, 0.6) is 0 Å². The lowest BCUT2D eigenvalue weighted by Crippen LogP contribution is -2.37. The fourth-order valence-corrected chi connectivity index (χ4v) is 1.45. The molecule has 1 amide bonds. The van der Waals surface area contributed by atoms with E-state index >= 15 is 0 Å². The third kappa shape index (κ3) is 10.8. The van der Waals surface area contributed by atoms with E-state index in [0.29, 0.717) is 12.6 Å². The van der Waals surface area contributed by atoms with Crippen LogP contribution in [0.15, 0.2) is 0 Å². The first-order chi connectivity index (χ1) is 8.76. The summed E-state index contributed by atoms with van der Waals surface area (Å²) in [5.41, 5.74) is -0.435. The molecule has 0 bridgehead atoms. The van der Waals surface area contributed by atoms with Crippen LogP contribution >= 0.6 is 0 Å². The van der Waals surface area contributed by atoms with Crippen molar-refractivity contribution in [1.29, 1.82) is 0 Å². The molecular formula is C14H30N2O3. The van der Waals surface area contributed by atoms with Crippen LogP contribution in [0, 0.1) is 0 Å². The standard InChI is InChI=1S/C14H30N2O3/c1-7-18-11-12(2)15-9-8-10-16(6)13(17)19-14(3,4)5/h12,15H,7-11H2,1-6H3. The summed E-state index contributed by atoms with van der Waals surface area (Å²) in [7, 11) is 1.76. The molecule has 0 saturated heterocycles. The van der Waals surface area contributed by atoms with Gasteiger partial charge in [-0.1, -0.05) is 0 Å². The van der Waals surface area contributed by atoms with Crippen molar-refractivity contribution in [2.24, 2.45) is 0 Å². The summed E-state index contributed by atoms with van der Waals surface area (Å²) in [4.78, 5) is 13.3. The molecule has 0 spiro atoms. The number of nitrogens with one attached hydrogen (secondary N) is 1. The van der Waals surface area contributed by atoms with E-state index < -0.39 is 5.60 Å². The van der Waals surface area contributed by atoms with Crippen molar-refractivity contribution in [1.82, 2.24) is 10.2 Å². The first-order valence-electron chi connectivity index (χ1n) is 7.01. The second kappa shape index (κ2) is 9.15. The van der Waals surface area contributed by atoms with Gasteiger partial charge in [0, 0.05) is 26.2 Å². The van der Waals surface area contributed by atoms with E-state index in [9.17, 15) is 4.79 Å². The van der Waals surface area contributed by atoms with Gasteiger partial charge in [-0.2, -0.15) is 0 Å². The van der Waals surface area contributed by atoms with Gasteiger partial charge in [0.05, 0.1) is 6.61 Å². The van der Waals surface area contributed by atoms with Crippen LogP contribution in [-0.4, -0.2) is 56.0 Å². The minimum Gasteiger partial charge on any atom is -0.444 e. The molecule has 1 atom stereocenters. The molecule has 5 nitrogen and oxygen atoms in total. The van der Waals surface area contributed by atoms with E-state index in [-0.39, 0.29) is 6.09 Å². The van der Waals surface area contributed by atoms with Crippen molar-refractivity contribution in [3.05, 3.63) is 0 Å². The first-order valence-corrected chi connectivity index (χ1v) is 7.01. The zero-order chi connectivity index (χ0) is 14.9. The molecule has 1 N–H and O–H groups in total. The van der Waals surface area contributed by atoms with Crippen LogP contribution in [0.4, 0.5) is 4.79 Å². The van der Waals surface area contributed by atoms with Crippen molar-refractivity contribution < 1.29 is 14.3 Å². The van der Waals surface area contributed by atoms with Crippen LogP contribution in [0.25, 0.3) is 0 Å². The summed E-state index contributed by atoms with van der Waals surface area (Å²) in [6.45, 7) is 12.7. The van der Waals surface area contributed by atoms with Crippen molar-refractivity contribution in [3.8, 4) is 0 Å². The maximum Gasteiger partial charge on any atom is 0.410 e. The Morgan fingerprint density at radius 2 is 2.00 bits per heavy atom. The fraction of sp³-hybridized carbons (Fsp3) is 0.929. The van der Waals surface area contributed by atoms with Gasteiger partial charge in [-0.05, 0) is 47.6 Å². The molecule has 0 aromatic heterocycles. The average Bonchev–Trinajstić information content (AvgIpc) is 2.29. The fourth-order valence-electron chi connectivity index (χ4n) is 1.45. The highest BCUT2D eigenvalue weighted by Crippen LogP contribution is 2.09. The van der Waals surface area contributed by atoms with Crippen molar-refractivity contribution in [2.75, 3.05) is 33.4 Å². The van der Waals surface area contributed by atoms with E-state index in [2.05, 4.69) is 12.2 Å². The number of rotatable bonds is 8. The largest absolute Gasteiger partial charge is 0.444 e. The van der Waals surface area contributed by atoms with E-state index in [4.69, 9.17) is 9.47 Å². The number of ether oxygens (including phenoxy) is 2. The van der Waals surface area contributed by atoms with Gasteiger partial charge in [-0.15, -0.1) is 0 Å². The number of nitrogens with zero attached hydrogens (tertiary/aromatic N) is 1. The summed E-state index contributed by atoms with van der Waals surface area (Å²) in [5.74, 6) is 0. The Labute approximate surface area is 117 Å². The van der Waals surface area contributed by atoms with Gasteiger partial charge in [0.1, 0.15) is 5.60 Å². The van der Waals surface area contributed by atoms with Crippen LogP contribution in [0.1, 0.15) is 41.0 Å². The summed E-state index contributed by atoms with van der Waals surface area (Å²) in [6.07, 6.45) is 0.626. The third-order valence-electron chi connectivity index (χ3n) is 2.44. The molecule has 0 saturated carbocycles. The quantitative estimate of drug-likeness (QED) is 0.690. The normalized spacial score (nSPS) is 13.2. The highest BCUT2D eigenvalue weighted by molar-refractivity contribution is 5.67. The molecule has 0 rings (SSSR count). The molecule has 0 radical (unpaired) electrons. The van der Waals surface area contributed by atoms with Crippen LogP contribution in [0.3, 0.4) is 0 Å². The Morgan fingerprint density at radius 3 is 2.53 bits per heavy atom. The topological polar surface area (TPSA) is 50.8 Å². The summed E-state index contributed by atoms with van der Waals surface area (Å²) >= 11 is 0. The third-order valence-corrected chi connectivity index (χ3v) is 2.44. The second-order valence-corrected chi connectivity index (χ2v) is 5.77. The zero-order valence-electron chi connectivity index (χ0n) is 13.3. The Hall–Kier alpha value is -0.810. The maximum atomic E-state index is 11.7. The summed E-state index contributed by atoms with van der Waals surface area (Å²) in [6, 6.07) is 0.340. The number of carbonyl (C=O) groups excluding carboxylic acids is 1. The van der Waals surface area contributed by atoms with Crippen molar-refractivity contribution >= 4 is 6.09 Å². The lowest BCUT2D eigenvalue weighted by molar-refractivity contribution is 0.0296. The van der Waals surface area contributed by atoms with E-state index in [0.717, 1.165) is 26.2 Å². The van der Waals surface area contributed by atoms with E-state index in [1.807, 2.05) is 27.7 Å². The van der Waals surface area contributed by atoms with Crippen molar-refractivity contribution in [3.63, 3.8) is 0 Å². The highest BCUT2D eigenvalue weighted by atomic mass is 16.6. The Bertz CT molecular complexity index is 252. The number of carbonyl (C=O) groups is 1. The molecule has 0 aromatic rings. The first kappa shape index (κ1) is 18.2. The molecule has 0 aliphatic rings. The molecule has 0 fully saturated rings. The molecule has 0 heterocycles. The van der Waals surface area contributed by atoms with Gasteiger partial charge < -0.3 is 19.7 Å². The summed E-state index contributed by atoms with van der Waals surface area (Å²) in [5, 5.41) is 3.36. The lowest BCUT2D eigenvalue weighted by Gasteiger charge is -2.24. The number of hydrogen-bond acceptors (Lipinski definition) is 4. The van der Waals surface area contributed by atoms with Gasteiger partial charge in [0.2, 0.25) is 0 Å². The van der Waals surface area contributed by atoms with E-state index in [1.54, 1.807) is 11.9 Å². The Balaban J connectivity index is 3.68. The number of hydrogen-bond donors (Lipinski definition) is 1. The van der Waals surface area contributed by atoms with Gasteiger partial charge in [0.25, 0.3) is 0 Å². The molecule has 0 aliphatic heterocycles. The monoisotopic (exact) mass is 274 g/mol. The van der Waals surface area contributed by atoms with Crippen LogP contribution < -0.4 is 5.32 Å². The minimum atomic E-state index is -0.435. The van der Waals surface area contributed by atoms with Gasteiger partial charge >= 0.3 is 6.09 Å². The molecule has 0 aromatic carbocycles. The van der Waals surface area contributed by atoms with Crippen molar-refractivity contribution in [2.45, 2.75) is 52.7 Å². The molecular weight excluding hydrogens is 244 g/mol. The Morgan fingerprint density at radius 1 is 1.37 bits per heavy atom. The predicted octanol–water partition coefficient (Wildman–Crippen LogP) is 2.26. The average molecular weight is 274 g/mol.